The molecule has 3 aromatic rings. The highest BCUT2D eigenvalue weighted by Crippen LogP contribution is 2.33. The number of carbonyl (C=O) groups is 1. The number of rotatable bonds is 4. The van der Waals surface area contributed by atoms with Crippen LogP contribution in [0.3, 0.4) is 0 Å². The molecule has 1 amide bonds. The summed E-state index contributed by atoms with van der Waals surface area (Å²) in [5.41, 5.74) is 1.33. The number of nitrogens with two attached hydrogens (primary N) is 1. The molecule has 152 valence electrons. The predicted octanol–water partition coefficient (Wildman–Crippen LogP) is 2.44. The van der Waals surface area contributed by atoms with Crippen molar-refractivity contribution < 1.29 is 14.3 Å². The number of benzene rings is 1. The fraction of sp³-hybridized carbons (Fsp3) is 0.316. The topological polar surface area (TPSA) is 112 Å². The van der Waals surface area contributed by atoms with E-state index >= 15 is 0 Å². The van der Waals surface area contributed by atoms with Crippen molar-refractivity contribution in [2.45, 2.75) is 19.9 Å². The number of hydrogen-bond acceptors (Lipinski definition) is 8. The second kappa shape index (κ2) is 7.63. The minimum Gasteiger partial charge on any atom is -0.497 e. The third kappa shape index (κ3) is 3.46. The minimum atomic E-state index is -0.346. The maximum atomic E-state index is 12.9. The van der Waals surface area contributed by atoms with Crippen molar-refractivity contribution in [2.75, 3.05) is 31.4 Å². The lowest BCUT2D eigenvalue weighted by molar-refractivity contribution is 0.103. The van der Waals surface area contributed by atoms with Crippen molar-refractivity contribution in [3.63, 3.8) is 0 Å². The van der Waals surface area contributed by atoms with Crippen molar-refractivity contribution in [1.29, 1.82) is 0 Å². The van der Waals surface area contributed by atoms with Crippen molar-refractivity contribution in [3.05, 3.63) is 45.1 Å². The zero-order valence-corrected chi connectivity index (χ0v) is 16.9. The highest BCUT2D eigenvalue weighted by atomic mass is 32.1. The fourth-order valence-electron chi connectivity index (χ4n) is 3.32. The normalized spacial score (nSPS) is 13.2. The van der Waals surface area contributed by atoms with Gasteiger partial charge in [-0.05, 0) is 43.2 Å². The van der Waals surface area contributed by atoms with Gasteiger partial charge in [-0.15, -0.1) is 11.3 Å². The van der Waals surface area contributed by atoms with E-state index < -0.39 is 0 Å². The lowest BCUT2D eigenvalue weighted by Gasteiger charge is -2.25. The molecule has 0 atom stereocenters. The molecule has 0 saturated carbocycles. The van der Waals surface area contributed by atoms with Crippen LogP contribution in [0.1, 0.15) is 17.4 Å². The van der Waals surface area contributed by atoms with Gasteiger partial charge in [0.2, 0.25) is 5.95 Å². The van der Waals surface area contributed by atoms with Gasteiger partial charge in [0, 0.05) is 17.1 Å². The molecular weight excluding hydrogens is 394 g/mol. The SMILES string of the molecule is CCOC(=O)N1CCc2c(sc3nc(Nc4ccc(OC)cc4)n(N)c(=O)c23)C1. The zero-order valence-electron chi connectivity index (χ0n) is 16.1. The lowest BCUT2D eigenvalue weighted by Crippen LogP contribution is -2.36. The van der Waals surface area contributed by atoms with Gasteiger partial charge in [-0.1, -0.05) is 0 Å². The summed E-state index contributed by atoms with van der Waals surface area (Å²) < 4.78 is 11.3. The van der Waals surface area contributed by atoms with E-state index in [2.05, 4.69) is 10.3 Å². The number of aromatic nitrogens is 2. The third-order valence-electron chi connectivity index (χ3n) is 4.78. The Labute approximate surface area is 170 Å². The number of anilines is 2. The summed E-state index contributed by atoms with van der Waals surface area (Å²) in [6, 6.07) is 7.22. The third-order valence-corrected chi connectivity index (χ3v) is 5.89. The van der Waals surface area contributed by atoms with E-state index in [-0.39, 0.29) is 17.6 Å². The molecule has 1 aliphatic rings. The molecule has 1 aliphatic heterocycles. The van der Waals surface area contributed by atoms with E-state index in [1.807, 2.05) is 12.1 Å². The predicted molar refractivity (Wildman–Crippen MR) is 111 cm³/mol. The highest BCUT2D eigenvalue weighted by Gasteiger charge is 2.27. The molecule has 0 bridgehead atoms. The Morgan fingerprint density at radius 2 is 2.10 bits per heavy atom. The van der Waals surface area contributed by atoms with Crippen LogP contribution in [0.5, 0.6) is 5.75 Å². The quantitative estimate of drug-likeness (QED) is 0.630. The Kier molecular flexibility index (Phi) is 5.01. The Bertz CT molecular complexity index is 1120. The van der Waals surface area contributed by atoms with E-state index in [0.29, 0.717) is 36.3 Å². The van der Waals surface area contributed by atoms with Crippen molar-refractivity contribution in [1.82, 2.24) is 14.6 Å². The Morgan fingerprint density at radius 3 is 2.79 bits per heavy atom. The summed E-state index contributed by atoms with van der Waals surface area (Å²) in [5.74, 6) is 7.00. The number of fused-ring (bicyclic) bond motifs is 3. The molecule has 2 aromatic heterocycles. The number of nitrogen functional groups attached to an aromatic ring is 1. The van der Waals surface area contributed by atoms with Crippen LogP contribution >= 0.6 is 11.3 Å². The number of amides is 1. The van der Waals surface area contributed by atoms with Gasteiger partial charge in [0.15, 0.2) is 0 Å². The number of hydrogen-bond donors (Lipinski definition) is 2. The molecule has 10 heteroatoms. The molecule has 4 rings (SSSR count). The Morgan fingerprint density at radius 1 is 1.34 bits per heavy atom. The Balaban J connectivity index is 1.68. The monoisotopic (exact) mass is 415 g/mol. The van der Waals surface area contributed by atoms with Crippen LogP contribution < -0.4 is 21.5 Å². The smallest absolute Gasteiger partial charge is 0.410 e. The first-order valence-electron chi connectivity index (χ1n) is 9.17. The highest BCUT2D eigenvalue weighted by molar-refractivity contribution is 7.18. The number of ether oxygens (including phenoxy) is 2. The van der Waals surface area contributed by atoms with Crippen LogP contribution in [-0.4, -0.2) is 40.9 Å². The van der Waals surface area contributed by atoms with E-state index in [0.717, 1.165) is 26.6 Å². The first kappa shape index (κ1) is 19.1. The lowest BCUT2D eigenvalue weighted by atomic mass is 10.1. The first-order chi connectivity index (χ1) is 14.0. The van der Waals surface area contributed by atoms with Crippen LogP contribution in [-0.2, 0) is 17.7 Å². The van der Waals surface area contributed by atoms with Gasteiger partial charge in [-0.2, -0.15) is 4.68 Å². The summed E-state index contributed by atoms with van der Waals surface area (Å²) >= 11 is 1.40. The number of nitrogens with zero attached hydrogens (tertiary/aromatic N) is 3. The average molecular weight is 415 g/mol. The van der Waals surface area contributed by atoms with E-state index in [1.54, 1.807) is 31.1 Å². The second-order valence-electron chi connectivity index (χ2n) is 6.52. The molecule has 0 fully saturated rings. The molecule has 3 N–H and O–H groups in total. The van der Waals surface area contributed by atoms with Crippen LogP contribution in [0, 0.1) is 0 Å². The van der Waals surface area contributed by atoms with Gasteiger partial charge in [0.25, 0.3) is 5.56 Å². The molecule has 3 heterocycles. The maximum absolute atomic E-state index is 12.9. The summed E-state index contributed by atoms with van der Waals surface area (Å²) in [6.45, 7) is 3.00. The molecule has 0 saturated heterocycles. The van der Waals surface area contributed by atoms with Crippen LogP contribution in [0.25, 0.3) is 10.2 Å². The standard InChI is InChI=1S/C19H21N5O4S/c1-3-28-19(26)23-9-8-13-14(10-23)29-16-15(13)17(25)24(20)18(22-16)21-11-4-6-12(27-2)7-5-11/h4-7H,3,8-10,20H2,1-2H3,(H,21,22). The summed E-state index contributed by atoms with van der Waals surface area (Å²) in [7, 11) is 1.59. The number of methoxy groups -OCH3 is 1. The number of thiophene rings is 1. The van der Waals surface area contributed by atoms with Crippen LogP contribution in [0.15, 0.2) is 29.1 Å². The van der Waals surface area contributed by atoms with Gasteiger partial charge < -0.3 is 25.5 Å². The molecule has 1 aromatic carbocycles. The number of carbonyl (C=O) groups excluding carboxylic acids is 1. The van der Waals surface area contributed by atoms with E-state index in [9.17, 15) is 9.59 Å². The summed E-state index contributed by atoms with van der Waals surface area (Å²) in [6.07, 6.45) is 0.220. The van der Waals surface area contributed by atoms with Crippen LogP contribution in [0.2, 0.25) is 0 Å². The molecule has 0 radical (unpaired) electrons. The molecule has 0 spiro atoms. The Hall–Kier alpha value is -3.27. The average Bonchev–Trinajstić information content (AvgIpc) is 3.10. The first-order valence-corrected chi connectivity index (χ1v) is 9.98. The molecule has 29 heavy (non-hydrogen) atoms. The van der Waals surface area contributed by atoms with Crippen molar-refractivity contribution >= 4 is 39.3 Å². The zero-order chi connectivity index (χ0) is 20.5. The van der Waals surface area contributed by atoms with Crippen molar-refractivity contribution in [3.8, 4) is 5.75 Å². The van der Waals surface area contributed by atoms with E-state index in [4.69, 9.17) is 15.3 Å². The fourth-order valence-corrected chi connectivity index (χ4v) is 4.54. The van der Waals surface area contributed by atoms with Gasteiger partial charge in [0.05, 0.1) is 25.6 Å². The largest absolute Gasteiger partial charge is 0.497 e. The maximum Gasteiger partial charge on any atom is 0.410 e. The second-order valence-corrected chi connectivity index (χ2v) is 7.60. The van der Waals surface area contributed by atoms with Crippen LogP contribution in [0.4, 0.5) is 16.4 Å². The summed E-state index contributed by atoms with van der Waals surface area (Å²) in [4.78, 5) is 32.7. The molecule has 0 unspecified atom stereocenters. The van der Waals surface area contributed by atoms with E-state index in [1.165, 1.54) is 11.3 Å². The molecule has 9 nitrogen and oxygen atoms in total. The molecule has 0 aliphatic carbocycles. The van der Waals surface area contributed by atoms with Gasteiger partial charge >= 0.3 is 6.09 Å². The van der Waals surface area contributed by atoms with Gasteiger partial charge in [-0.25, -0.2) is 9.78 Å². The number of nitrogens with one attached hydrogen (secondary N) is 1. The molecular formula is C19H21N5O4S. The van der Waals surface area contributed by atoms with Crippen molar-refractivity contribution in [2.24, 2.45) is 0 Å². The van der Waals surface area contributed by atoms with Gasteiger partial charge in [0.1, 0.15) is 10.6 Å². The van der Waals surface area contributed by atoms with Gasteiger partial charge in [-0.3, -0.25) is 4.79 Å². The summed E-state index contributed by atoms with van der Waals surface area (Å²) in [5, 5.41) is 3.60. The minimum absolute atomic E-state index is 0.244.